The molecule has 0 bridgehead atoms. The van der Waals surface area contributed by atoms with E-state index in [4.69, 9.17) is 10.5 Å². The number of anilines is 1. The molecule has 0 aliphatic rings. The molecule has 0 fully saturated rings. The number of pyridine rings is 1. The zero-order valence-corrected chi connectivity index (χ0v) is 11.3. The van der Waals surface area contributed by atoms with E-state index >= 15 is 0 Å². The van der Waals surface area contributed by atoms with E-state index in [1.165, 1.54) is 0 Å². The summed E-state index contributed by atoms with van der Waals surface area (Å²) in [4.78, 5) is 21.5. The largest absolute Gasteiger partial charge is 0.421 e. The van der Waals surface area contributed by atoms with Crippen molar-refractivity contribution in [3.05, 3.63) is 38.7 Å². The van der Waals surface area contributed by atoms with Crippen molar-refractivity contribution >= 4 is 27.4 Å². The van der Waals surface area contributed by atoms with Crippen molar-refractivity contribution in [3.8, 4) is 11.8 Å². The fourth-order valence-corrected chi connectivity index (χ4v) is 1.74. The summed E-state index contributed by atoms with van der Waals surface area (Å²) in [5.74, 6) is 0.130. The van der Waals surface area contributed by atoms with Crippen molar-refractivity contribution < 1.29 is 9.66 Å². The van der Waals surface area contributed by atoms with Crippen LogP contribution in [0.4, 0.5) is 11.5 Å². The Morgan fingerprint density at radius 3 is 2.74 bits per heavy atom. The SMILES string of the molecule is Cc1ccc(Oc2ncc([N+](=O)[O-])c(N)n2)c(Br)n1. The van der Waals surface area contributed by atoms with Gasteiger partial charge in [-0.3, -0.25) is 10.1 Å². The molecule has 2 aromatic rings. The molecule has 2 N–H and O–H groups in total. The molecule has 0 saturated heterocycles. The minimum atomic E-state index is -0.664. The Bertz CT molecular complexity index is 649. The van der Waals surface area contributed by atoms with Gasteiger partial charge >= 0.3 is 11.7 Å². The predicted octanol–water partition coefficient (Wildman–Crippen LogP) is 2.23. The van der Waals surface area contributed by atoms with Crippen LogP contribution in [0.15, 0.2) is 22.9 Å². The van der Waals surface area contributed by atoms with Gasteiger partial charge in [0.15, 0.2) is 5.75 Å². The number of hydrogen-bond acceptors (Lipinski definition) is 7. The Kier molecular flexibility index (Phi) is 3.56. The molecule has 2 heterocycles. The van der Waals surface area contributed by atoms with E-state index in [2.05, 4.69) is 30.9 Å². The number of aromatic nitrogens is 3. The quantitative estimate of drug-likeness (QED) is 0.522. The zero-order valence-electron chi connectivity index (χ0n) is 9.70. The minimum absolute atomic E-state index is 0.0885. The summed E-state index contributed by atoms with van der Waals surface area (Å²) in [6.07, 6.45) is 0.993. The van der Waals surface area contributed by atoms with Crippen LogP contribution in [0.2, 0.25) is 0 Å². The maximum Gasteiger partial charge on any atom is 0.329 e. The molecule has 0 aliphatic heterocycles. The molecule has 9 heteroatoms. The number of nitrogen functional groups attached to an aromatic ring is 1. The molecule has 8 nitrogen and oxygen atoms in total. The summed E-state index contributed by atoms with van der Waals surface area (Å²) in [6, 6.07) is 3.33. The number of nitrogens with zero attached hydrogens (tertiary/aromatic N) is 4. The van der Waals surface area contributed by atoms with Gasteiger partial charge in [0.1, 0.15) is 10.8 Å². The van der Waals surface area contributed by atoms with Crippen LogP contribution in [0, 0.1) is 17.0 Å². The van der Waals surface area contributed by atoms with Crippen molar-refractivity contribution in [2.45, 2.75) is 6.92 Å². The highest BCUT2D eigenvalue weighted by molar-refractivity contribution is 9.10. The lowest BCUT2D eigenvalue weighted by Crippen LogP contribution is -2.02. The lowest BCUT2D eigenvalue weighted by molar-refractivity contribution is -0.384. The van der Waals surface area contributed by atoms with Crippen LogP contribution in [-0.4, -0.2) is 19.9 Å². The van der Waals surface area contributed by atoms with Crippen LogP contribution >= 0.6 is 15.9 Å². The van der Waals surface area contributed by atoms with Crippen LogP contribution in [0.1, 0.15) is 5.69 Å². The van der Waals surface area contributed by atoms with Gasteiger partial charge in [0.05, 0.1) is 4.92 Å². The van der Waals surface area contributed by atoms with E-state index < -0.39 is 4.92 Å². The molecule has 2 rings (SSSR count). The van der Waals surface area contributed by atoms with Crippen molar-refractivity contribution in [3.63, 3.8) is 0 Å². The van der Waals surface area contributed by atoms with Crippen LogP contribution in [0.3, 0.4) is 0 Å². The van der Waals surface area contributed by atoms with E-state index in [-0.39, 0.29) is 17.5 Å². The highest BCUT2D eigenvalue weighted by Gasteiger charge is 2.15. The number of nitro groups is 1. The summed E-state index contributed by atoms with van der Waals surface area (Å²) in [6.45, 7) is 1.83. The fraction of sp³-hybridized carbons (Fsp3) is 0.100. The highest BCUT2D eigenvalue weighted by atomic mass is 79.9. The van der Waals surface area contributed by atoms with Gasteiger partial charge < -0.3 is 10.5 Å². The first-order chi connectivity index (χ1) is 8.97. The van der Waals surface area contributed by atoms with Crippen LogP contribution in [0.25, 0.3) is 0 Å². The monoisotopic (exact) mass is 325 g/mol. The topological polar surface area (TPSA) is 117 Å². The zero-order chi connectivity index (χ0) is 14.0. The van der Waals surface area contributed by atoms with Crippen LogP contribution in [0.5, 0.6) is 11.8 Å². The number of hydrogen-bond donors (Lipinski definition) is 1. The standard InChI is InChI=1S/C10H8BrN5O3/c1-5-2-3-7(8(11)14-5)19-10-13-4-6(16(17)18)9(12)15-10/h2-4H,1H3,(H2,12,13,15). The lowest BCUT2D eigenvalue weighted by atomic mass is 10.4. The Hall–Kier alpha value is -2.29. The second-order valence-corrected chi connectivity index (χ2v) is 4.27. The molecule has 0 aromatic carbocycles. The van der Waals surface area contributed by atoms with Gasteiger partial charge in [-0.1, -0.05) is 0 Å². The van der Waals surface area contributed by atoms with E-state index in [1.54, 1.807) is 12.1 Å². The van der Waals surface area contributed by atoms with Crippen molar-refractivity contribution in [1.29, 1.82) is 0 Å². The molecule has 0 unspecified atom stereocenters. The molecule has 19 heavy (non-hydrogen) atoms. The third kappa shape index (κ3) is 2.94. The van der Waals surface area contributed by atoms with E-state index in [1.807, 2.05) is 6.92 Å². The van der Waals surface area contributed by atoms with Crippen molar-refractivity contribution in [2.75, 3.05) is 5.73 Å². The van der Waals surface area contributed by atoms with Crippen LogP contribution in [-0.2, 0) is 0 Å². The summed E-state index contributed by atoms with van der Waals surface area (Å²) < 4.78 is 5.83. The van der Waals surface area contributed by atoms with E-state index in [9.17, 15) is 10.1 Å². The Morgan fingerprint density at radius 2 is 2.16 bits per heavy atom. The number of ether oxygens (including phenoxy) is 1. The van der Waals surface area contributed by atoms with E-state index in [0.29, 0.717) is 10.4 Å². The summed E-state index contributed by atoms with van der Waals surface area (Å²) in [7, 11) is 0. The van der Waals surface area contributed by atoms with Crippen molar-refractivity contribution in [2.24, 2.45) is 0 Å². The lowest BCUT2D eigenvalue weighted by Gasteiger charge is -2.06. The maximum atomic E-state index is 10.6. The number of rotatable bonds is 3. The van der Waals surface area contributed by atoms with Crippen molar-refractivity contribution in [1.82, 2.24) is 15.0 Å². The Balaban J connectivity index is 2.29. The number of halogens is 1. The smallest absolute Gasteiger partial charge is 0.329 e. The third-order valence-corrected chi connectivity index (χ3v) is 2.70. The van der Waals surface area contributed by atoms with Gasteiger partial charge in [-0.25, -0.2) is 4.98 Å². The summed E-state index contributed by atoms with van der Waals surface area (Å²) in [5, 5.41) is 10.6. The molecule has 0 aliphatic carbocycles. The number of aryl methyl sites for hydroxylation is 1. The predicted molar refractivity (Wildman–Crippen MR) is 69.8 cm³/mol. The molecular formula is C10H8BrN5O3. The van der Waals surface area contributed by atoms with Crippen LogP contribution < -0.4 is 10.5 Å². The first-order valence-electron chi connectivity index (χ1n) is 5.05. The average molecular weight is 326 g/mol. The first kappa shape index (κ1) is 13.1. The van der Waals surface area contributed by atoms with Gasteiger partial charge in [0, 0.05) is 5.69 Å². The van der Waals surface area contributed by atoms with Gasteiger partial charge in [0.25, 0.3) is 0 Å². The molecule has 0 atom stereocenters. The molecular weight excluding hydrogens is 318 g/mol. The van der Waals surface area contributed by atoms with E-state index in [0.717, 1.165) is 11.9 Å². The normalized spacial score (nSPS) is 10.2. The molecule has 2 aromatic heterocycles. The minimum Gasteiger partial charge on any atom is -0.421 e. The molecule has 0 saturated carbocycles. The van der Waals surface area contributed by atoms with Gasteiger partial charge in [-0.05, 0) is 35.0 Å². The number of nitrogens with two attached hydrogens (primary N) is 1. The first-order valence-corrected chi connectivity index (χ1v) is 5.84. The fourth-order valence-electron chi connectivity index (χ4n) is 1.25. The average Bonchev–Trinajstić information content (AvgIpc) is 2.32. The molecule has 0 spiro atoms. The Morgan fingerprint density at radius 1 is 1.42 bits per heavy atom. The van der Waals surface area contributed by atoms with Gasteiger partial charge in [-0.2, -0.15) is 9.97 Å². The van der Waals surface area contributed by atoms with Gasteiger partial charge in [-0.15, -0.1) is 0 Å². The Labute approximate surface area is 115 Å². The highest BCUT2D eigenvalue weighted by Crippen LogP contribution is 2.28. The van der Waals surface area contributed by atoms with Gasteiger partial charge in [0.2, 0.25) is 5.82 Å². The second-order valence-electron chi connectivity index (χ2n) is 3.52. The maximum absolute atomic E-state index is 10.6. The second kappa shape index (κ2) is 5.14. The molecule has 0 amide bonds. The molecule has 98 valence electrons. The third-order valence-electron chi connectivity index (χ3n) is 2.13. The summed E-state index contributed by atoms with van der Waals surface area (Å²) in [5.41, 5.74) is 5.88. The summed E-state index contributed by atoms with van der Waals surface area (Å²) >= 11 is 3.23. The molecule has 0 radical (unpaired) electrons.